The fourth-order valence-electron chi connectivity index (χ4n) is 2.36. The molecule has 0 radical (unpaired) electrons. The first-order chi connectivity index (χ1) is 9.62. The summed E-state index contributed by atoms with van der Waals surface area (Å²) in [5, 5.41) is 2.91. The van der Waals surface area contributed by atoms with E-state index in [1.807, 2.05) is 0 Å². The molecule has 0 atom stereocenters. The summed E-state index contributed by atoms with van der Waals surface area (Å²) in [6.07, 6.45) is 3.69. The van der Waals surface area contributed by atoms with Gasteiger partial charge in [0.2, 0.25) is 5.09 Å². The van der Waals surface area contributed by atoms with E-state index < -0.39 is 10.0 Å². The number of sulfonamides is 1. The van der Waals surface area contributed by atoms with E-state index in [1.54, 1.807) is 13.1 Å². The molecule has 1 aliphatic heterocycles. The molecule has 2 N–H and O–H groups in total. The number of nitrogens with zero attached hydrogens (tertiary/aromatic N) is 1. The van der Waals surface area contributed by atoms with Crippen LogP contribution in [0.5, 0.6) is 0 Å². The van der Waals surface area contributed by atoms with Gasteiger partial charge in [-0.25, -0.2) is 13.1 Å². The lowest BCUT2D eigenvalue weighted by Gasteiger charge is -2.26. The third-order valence-electron chi connectivity index (χ3n) is 3.42. The summed E-state index contributed by atoms with van der Waals surface area (Å²) in [5.74, 6) is 0.615. The van der Waals surface area contributed by atoms with Crippen molar-refractivity contribution in [2.75, 3.05) is 33.2 Å². The first-order valence-electron chi connectivity index (χ1n) is 7.07. The first-order valence-corrected chi connectivity index (χ1v) is 8.55. The molecule has 0 aliphatic carbocycles. The number of likely N-dealkylation sites (tertiary alicyclic amines) is 1. The molecule has 20 heavy (non-hydrogen) atoms. The Balaban J connectivity index is 1.83. The molecule has 0 unspecified atom stereocenters. The Morgan fingerprint density at radius 2 is 2.00 bits per heavy atom. The molecule has 0 bridgehead atoms. The summed E-state index contributed by atoms with van der Waals surface area (Å²) in [6.45, 7) is 3.82. The second kappa shape index (κ2) is 7.21. The van der Waals surface area contributed by atoms with Gasteiger partial charge in [0, 0.05) is 13.1 Å². The van der Waals surface area contributed by atoms with Crippen LogP contribution in [0.25, 0.3) is 0 Å². The Morgan fingerprint density at radius 3 is 2.70 bits per heavy atom. The number of piperidine rings is 1. The predicted octanol–water partition coefficient (Wildman–Crippen LogP) is 0.763. The summed E-state index contributed by atoms with van der Waals surface area (Å²) < 4.78 is 32.0. The molecule has 1 aromatic rings. The molecule has 0 amide bonds. The number of hydrogen-bond acceptors (Lipinski definition) is 5. The van der Waals surface area contributed by atoms with Gasteiger partial charge in [0.05, 0.1) is 6.54 Å². The zero-order chi connectivity index (χ0) is 14.4. The van der Waals surface area contributed by atoms with Crippen LogP contribution in [0.2, 0.25) is 0 Å². The second-order valence-corrected chi connectivity index (χ2v) is 6.75. The monoisotopic (exact) mass is 301 g/mol. The van der Waals surface area contributed by atoms with Crippen LogP contribution < -0.4 is 10.0 Å². The van der Waals surface area contributed by atoms with E-state index >= 15 is 0 Å². The topological polar surface area (TPSA) is 74.6 Å². The molecule has 0 aromatic carbocycles. The highest BCUT2D eigenvalue weighted by Crippen LogP contribution is 2.13. The Labute approximate surface area is 120 Å². The van der Waals surface area contributed by atoms with Gasteiger partial charge in [-0.15, -0.1) is 0 Å². The minimum atomic E-state index is -3.53. The molecule has 1 fully saturated rings. The van der Waals surface area contributed by atoms with E-state index in [9.17, 15) is 8.42 Å². The Kier molecular flexibility index (Phi) is 5.59. The molecule has 0 spiro atoms. The van der Waals surface area contributed by atoms with Crippen LogP contribution in [0.4, 0.5) is 0 Å². The highest BCUT2D eigenvalue weighted by molar-refractivity contribution is 7.89. The van der Waals surface area contributed by atoms with Crippen molar-refractivity contribution in [1.29, 1.82) is 0 Å². The van der Waals surface area contributed by atoms with Crippen LogP contribution in [0.3, 0.4) is 0 Å². The highest BCUT2D eigenvalue weighted by atomic mass is 32.2. The average Bonchev–Trinajstić information content (AvgIpc) is 2.90. The third-order valence-corrected chi connectivity index (χ3v) is 4.75. The van der Waals surface area contributed by atoms with Crippen molar-refractivity contribution in [3.05, 3.63) is 17.9 Å². The minimum absolute atomic E-state index is 0.0126. The molecule has 1 saturated heterocycles. The van der Waals surface area contributed by atoms with E-state index in [0.717, 1.165) is 19.6 Å². The van der Waals surface area contributed by atoms with Crippen LogP contribution >= 0.6 is 0 Å². The Hall–Kier alpha value is -0.890. The molecular formula is C13H23N3O3S. The van der Waals surface area contributed by atoms with Gasteiger partial charge in [-0.3, -0.25) is 0 Å². The lowest BCUT2D eigenvalue weighted by atomic mass is 10.1. The summed E-state index contributed by atoms with van der Waals surface area (Å²) in [6, 6.07) is 3.17. The van der Waals surface area contributed by atoms with Gasteiger partial charge >= 0.3 is 0 Å². The van der Waals surface area contributed by atoms with Crippen LogP contribution in [0, 0.1) is 0 Å². The van der Waals surface area contributed by atoms with Crippen LogP contribution in [-0.2, 0) is 16.6 Å². The maximum atomic E-state index is 12.0. The first kappa shape index (κ1) is 15.5. The SMILES string of the molecule is CNCc1ccc(S(=O)(=O)NCCN2CCCCC2)o1. The number of furan rings is 1. The van der Waals surface area contributed by atoms with Gasteiger partial charge in [-0.2, -0.15) is 0 Å². The van der Waals surface area contributed by atoms with Crippen molar-refractivity contribution in [1.82, 2.24) is 14.9 Å². The van der Waals surface area contributed by atoms with Gasteiger partial charge in [0.1, 0.15) is 5.76 Å². The number of nitrogens with one attached hydrogen (secondary N) is 2. The fraction of sp³-hybridized carbons (Fsp3) is 0.692. The molecule has 0 saturated carbocycles. The molecule has 6 nitrogen and oxygen atoms in total. The molecule has 2 rings (SSSR count). The molecule has 114 valence electrons. The van der Waals surface area contributed by atoms with Gasteiger partial charge in [0.25, 0.3) is 10.0 Å². The van der Waals surface area contributed by atoms with Crippen molar-refractivity contribution < 1.29 is 12.8 Å². The summed E-state index contributed by atoms with van der Waals surface area (Å²) in [7, 11) is -1.74. The zero-order valence-electron chi connectivity index (χ0n) is 11.9. The second-order valence-electron chi connectivity index (χ2n) is 5.05. The normalized spacial score (nSPS) is 17.4. The van der Waals surface area contributed by atoms with Crippen LogP contribution in [0.15, 0.2) is 21.6 Å². The Morgan fingerprint density at radius 1 is 1.25 bits per heavy atom. The Bertz CT molecular complexity index is 507. The standard InChI is InChI=1S/C13H23N3O3S/c1-14-11-12-5-6-13(19-12)20(17,18)15-7-10-16-8-3-2-4-9-16/h5-6,14-15H,2-4,7-11H2,1H3. The molecule has 2 heterocycles. The lowest BCUT2D eigenvalue weighted by Crippen LogP contribution is -2.37. The van der Waals surface area contributed by atoms with E-state index in [-0.39, 0.29) is 5.09 Å². The molecule has 1 aliphatic rings. The van der Waals surface area contributed by atoms with Gasteiger partial charge in [0.15, 0.2) is 0 Å². The predicted molar refractivity (Wildman–Crippen MR) is 77.0 cm³/mol. The van der Waals surface area contributed by atoms with Crippen LogP contribution in [-0.4, -0.2) is 46.5 Å². The van der Waals surface area contributed by atoms with Crippen molar-refractivity contribution in [3.63, 3.8) is 0 Å². The van der Waals surface area contributed by atoms with Crippen molar-refractivity contribution >= 4 is 10.0 Å². The van der Waals surface area contributed by atoms with E-state index in [4.69, 9.17) is 4.42 Å². The zero-order valence-corrected chi connectivity index (χ0v) is 12.7. The van der Waals surface area contributed by atoms with E-state index in [1.165, 1.54) is 25.3 Å². The quantitative estimate of drug-likeness (QED) is 0.778. The smallest absolute Gasteiger partial charge is 0.274 e. The summed E-state index contributed by atoms with van der Waals surface area (Å²) >= 11 is 0. The summed E-state index contributed by atoms with van der Waals surface area (Å²) in [4.78, 5) is 2.29. The number of hydrogen-bond donors (Lipinski definition) is 2. The van der Waals surface area contributed by atoms with E-state index in [2.05, 4.69) is 14.9 Å². The maximum absolute atomic E-state index is 12.0. The fourth-order valence-corrected chi connectivity index (χ4v) is 3.33. The minimum Gasteiger partial charge on any atom is -0.447 e. The largest absolute Gasteiger partial charge is 0.447 e. The van der Waals surface area contributed by atoms with Gasteiger partial charge < -0.3 is 14.6 Å². The van der Waals surface area contributed by atoms with E-state index in [0.29, 0.717) is 18.8 Å². The van der Waals surface area contributed by atoms with Crippen LogP contribution in [0.1, 0.15) is 25.0 Å². The summed E-state index contributed by atoms with van der Waals surface area (Å²) in [5.41, 5.74) is 0. The lowest BCUT2D eigenvalue weighted by molar-refractivity contribution is 0.232. The highest BCUT2D eigenvalue weighted by Gasteiger charge is 2.19. The van der Waals surface area contributed by atoms with Crippen molar-refractivity contribution in [3.8, 4) is 0 Å². The van der Waals surface area contributed by atoms with Crippen molar-refractivity contribution in [2.45, 2.75) is 30.9 Å². The van der Waals surface area contributed by atoms with Gasteiger partial charge in [-0.1, -0.05) is 6.42 Å². The third kappa shape index (κ3) is 4.31. The maximum Gasteiger partial charge on any atom is 0.274 e. The van der Waals surface area contributed by atoms with Crippen molar-refractivity contribution in [2.24, 2.45) is 0 Å². The molecule has 1 aromatic heterocycles. The number of rotatable bonds is 7. The molecular weight excluding hydrogens is 278 g/mol. The van der Waals surface area contributed by atoms with Gasteiger partial charge in [-0.05, 0) is 45.1 Å². The molecule has 7 heteroatoms. The average molecular weight is 301 g/mol.